The highest BCUT2D eigenvalue weighted by atomic mass is 32.2. The Hall–Kier alpha value is -2.80. The molecule has 9 heteroatoms. The van der Waals surface area contributed by atoms with Gasteiger partial charge in [-0.1, -0.05) is 42.5 Å². The minimum atomic E-state index is -0.326. The molecule has 1 amide bonds. The van der Waals surface area contributed by atoms with Crippen LogP contribution in [0.5, 0.6) is 5.75 Å². The van der Waals surface area contributed by atoms with Crippen LogP contribution < -0.4 is 15.0 Å². The van der Waals surface area contributed by atoms with Crippen molar-refractivity contribution in [2.24, 2.45) is 0 Å². The second kappa shape index (κ2) is 8.20. The van der Waals surface area contributed by atoms with Gasteiger partial charge in [-0.05, 0) is 22.8 Å². The third kappa shape index (κ3) is 3.20. The average Bonchev–Trinajstić information content (AvgIpc) is 3.02. The van der Waals surface area contributed by atoms with Crippen LogP contribution in [0.4, 0.5) is 0 Å². The second-order valence-corrected chi connectivity index (χ2v) is 9.43. The molecule has 3 aromatic rings. The van der Waals surface area contributed by atoms with Crippen molar-refractivity contribution in [3.05, 3.63) is 93.4 Å². The number of hydrogen-bond donors (Lipinski definition) is 0. The van der Waals surface area contributed by atoms with E-state index in [1.54, 1.807) is 15.8 Å². The van der Waals surface area contributed by atoms with Gasteiger partial charge in [0.25, 0.3) is 5.91 Å². The first-order valence-corrected chi connectivity index (χ1v) is 12.2. The van der Waals surface area contributed by atoms with Crippen LogP contribution in [0.15, 0.2) is 70.5 Å². The minimum absolute atomic E-state index is 0.0343. The molecule has 3 aliphatic rings. The van der Waals surface area contributed by atoms with Crippen molar-refractivity contribution in [2.45, 2.75) is 22.9 Å². The Labute approximate surface area is 197 Å². The molecule has 33 heavy (non-hydrogen) atoms. The normalized spacial score (nSPS) is 21.4. The third-order valence-electron chi connectivity index (χ3n) is 6.48. The van der Waals surface area contributed by atoms with Gasteiger partial charge in [-0.3, -0.25) is 19.3 Å². The van der Waals surface area contributed by atoms with E-state index in [9.17, 15) is 9.59 Å². The Balaban J connectivity index is 1.66. The standard InChI is InChI=1S/C24H22N3O4PS/c28-18-9-10-26-22(23(18)31-32)24(29)25-11-12-30-13-20(25)27(26)21-16-6-2-1-5-15(16)14-33-19-8-4-3-7-17(19)21/h1-10,20-21H,11-14,32H2/t20-,21+/m1/s1. The van der Waals surface area contributed by atoms with Crippen LogP contribution in [0.25, 0.3) is 0 Å². The number of carbonyl (C=O) groups is 1. The lowest BCUT2D eigenvalue weighted by Gasteiger charge is -2.51. The number of fused-ring (bicyclic) bond motifs is 4. The summed E-state index contributed by atoms with van der Waals surface area (Å²) in [5.74, 6) is 0.671. The summed E-state index contributed by atoms with van der Waals surface area (Å²) < 4.78 is 13.0. The predicted molar refractivity (Wildman–Crippen MR) is 129 cm³/mol. The lowest BCUT2D eigenvalue weighted by atomic mass is 9.93. The molecule has 1 saturated heterocycles. The van der Waals surface area contributed by atoms with Gasteiger partial charge in [-0.2, -0.15) is 0 Å². The SMILES string of the molecule is O=C1c2c(OP)c(=O)ccn2N([C@H]2c3ccccc3CSc3ccccc32)[C@@H]2COCCN12. The van der Waals surface area contributed by atoms with Crippen molar-refractivity contribution in [1.29, 1.82) is 0 Å². The number of nitrogens with zero attached hydrogens (tertiary/aromatic N) is 3. The number of benzene rings is 2. The zero-order valence-corrected chi connectivity index (χ0v) is 19.7. The topological polar surface area (TPSA) is 64.0 Å². The number of aromatic nitrogens is 1. The van der Waals surface area contributed by atoms with Crippen LogP contribution >= 0.6 is 21.2 Å². The van der Waals surface area contributed by atoms with Gasteiger partial charge < -0.3 is 14.2 Å². The molecule has 0 bridgehead atoms. The van der Waals surface area contributed by atoms with Crippen LogP contribution in [0.1, 0.15) is 33.2 Å². The van der Waals surface area contributed by atoms with Crippen LogP contribution in [0.2, 0.25) is 0 Å². The van der Waals surface area contributed by atoms with Crippen LogP contribution in [-0.2, 0) is 10.5 Å². The summed E-state index contributed by atoms with van der Waals surface area (Å²) in [5, 5.41) is 2.17. The lowest BCUT2D eigenvalue weighted by molar-refractivity contribution is -0.0196. The van der Waals surface area contributed by atoms with E-state index in [1.807, 2.05) is 17.8 Å². The monoisotopic (exact) mass is 479 g/mol. The fourth-order valence-electron chi connectivity index (χ4n) is 5.01. The average molecular weight is 479 g/mol. The summed E-state index contributed by atoms with van der Waals surface area (Å²) in [5.41, 5.74) is 3.49. The molecule has 1 fully saturated rings. The number of carbonyl (C=O) groups excluding carboxylic acids is 1. The Morgan fingerprint density at radius 2 is 1.82 bits per heavy atom. The molecular formula is C24H22N3O4PS. The summed E-state index contributed by atoms with van der Waals surface area (Å²) in [6.45, 7) is 1.28. The molecule has 3 aliphatic heterocycles. The Morgan fingerprint density at radius 3 is 2.67 bits per heavy atom. The highest BCUT2D eigenvalue weighted by molar-refractivity contribution is 7.98. The zero-order valence-electron chi connectivity index (χ0n) is 17.7. The number of ether oxygens (including phenoxy) is 1. The Bertz CT molecular complexity index is 1270. The van der Waals surface area contributed by atoms with Gasteiger partial charge in [0, 0.05) is 29.5 Å². The third-order valence-corrected chi connectivity index (χ3v) is 7.86. The summed E-state index contributed by atoms with van der Waals surface area (Å²) in [6.07, 6.45) is 1.35. The molecule has 4 heterocycles. The van der Waals surface area contributed by atoms with Gasteiger partial charge in [0.1, 0.15) is 6.17 Å². The van der Waals surface area contributed by atoms with Crippen molar-refractivity contribution in [3.8, 4) is 5.75 Å². The molecule has 0 spiro atoms. The molecule has 1 aromatic heterocycles. The first-order chi connectivity index (χ1) is 16.2. The first-order valence-electron chi connectivity index (χ1n) is 10.8. The Kier molecular flexibility index (Phi) is 5.17. The largest absolute Gasteiger partial charge is 0.474 e. The van der Waals surface area contributed by atoms with E-state index < -0.39 is 0 Å². The number of hydrogen-bond acceptors (Lipinski definition) is 6. The van der Waals surface area contributed by atoms with Gasteiger partial charge in [0.05, 0.1) is 28.7 Å². The van der Waals surface area contributed by atoms with Crippen LogP contribution in [0, 0.1) is 0 Å². The quantitative estimate of drug-likeness (QED) is 0.527. The molecule has 0 N–H and O–H groups in total. The maximum atomic E-state index is 13.6. The number of thioether (sulfide) groups is 1. The van der Waals surface area contributed by atoms with Gasteiger partial charge in [-0.15, -0.1) is 11.8 Å². The Morgan fingerprint density at radius 1 is 1.03 bits per heavy atom. The molecule has 0 saturated carbocycles. The van der Waals surface area contributed by atoms with Crippen molar-refractivity contribution < 1.29 is 14.1 Å². The van der Waals surface area contributed by atoms with Crippen molar-refractivity contribution in [3.63, 3.8) is 0 Å². The zero-order chi connectivity index (χ0) is 22.5. The number of morpholine rings is 1. The van der Waals surface area contributed by atoms with Crippen LogP contribution in [0.3, 0.4) is 0 Å². The molecule has 0 radical (unpaired) electrons. The molecular weight excluding hydrogens is 457 g/mol. The first kappa shape index (κ1) is 20.8. The van der Waals surface area contributed by atoms with Crippen molar-refractivity contribution in [1.82, 2.24) is 9.58 Å². The number of rotatable bonds is 2. The smallest absolute Gasteiger partial charge is 0.278 e. The molecule has 0 aliphatic carbocycles. The van der Waals surface area contributed by atoms with Crippen LogP contribution in [-0.4, -0.2) is 41.4 Å². The number of pyridine rings is 1. The summed E-state index contributed by atoms with van der Waals surface area (Å²) >= 11 is 1.82. The fourth-order valence-corrected chi connectivity index (χ4v) is 6.33. The summed E-state index contributed by atoms with van der Waals surface area (Å²) in [7, 11) is 2.11. The molecule has 168 valence electrons. The van der Waals surface area contributed by atoms with E-state index in [-0.39, 0.29) is 35.0 Å². The van der Waals surface area contributed by atoms with E-state index in [1.165, 1.54) is 22.1 Å². The highest BCUT2D eigenvalue weighted by Gasteiger charge is 2.45. The van der Waals surface area contributed by atoms with Gasteiger partial charge in [0.15, 0.2) is 5.69 Å². The minimum Gasteiger partial charge on any atom is -0.474 e. The van der Waals surface area contributed by atoms with Gasteiger partial charge >= 0.3 is 0 Å². The van der Waals surface area contributed by atoms with E-state index in [4.69, 9.17) is 9.26 Å². The van der Waals surface area contributed by atoms with E-state index in [0.717, 1.165) is 11.3 Å². The summed E-state index contributed by atoms with van der Waals surface area (Å²) in [4.78, 5) is 29.2. The molecule has 3 atom stereocenters. The molecule has 2 aromatic carbocycles. The van der Waals surface area contributed by atoms with E-state index in [0.29, 0.717) is 19.8 Å². The lowest BCUT2D eigenvalue weighted by Crippen LogP contribution is -2.66. The molecule has 6 rings (SSSR count). The van der Waals surface area contributed by atoms with Gasteiger partial charge in [0.2, 0.25) is 11.2 Å². The van der Waals surface area contributed by atoms with E-state index in [2.05, 4.69) is 56.9 Å². The highest BCUT2D eigenvalue weighted by Crippen LogP contribution is 2.44. The molecule has 1 unspecified atom stereocenters. The summed E-state index contributed by atoms with van der Waals surface area (Å²) in [6, 6.07) is 18.1. The number of amides is 1. The predicted octanol–water partition coefficient (Wildman–Crippen LogP) is 3.16. The maximum Gasteiger partial charge on any atom is 0.278 e. The van der Waals surface area contributed by atoms with Gasteiger partial charge in [-0.25, -0.2) is 0 Å². The molecule has 7 nitrogen and oxygen atoms in total. The van der Waals surface area contributed by atoms with E-state index >= 15 is 0 Å². The fraction of sp³-hybridized carbons (Fsp3) is 0.250. The second-order valence-electron chi connectivity index (χ2n) is 8.18. The van der Waals surface area contributed by atoms with Crippen molar-refractivity contribution >= 4 is 27.1 Å². The maximum absolute atomic E-state index is 13.6. The van der Waals surface area contributed by atoms with Crippen molar-refractivity contribution in [2.75, 3.05) is 24.8 Å².